The molecule has 1 heterocycles. The fourth-order valence-corrected chi connectivity index (χ4v) is 2.36. The third kappa shape index (κ3) is 1.82. The van der Waals surface area contributed by atoms with E-state index in [1.165, 1.54) is 10.5 Å². The lowest BCUT2D eigenvalue weighted by Crippen LogP contribution is -2.34. The lowest BCUT2D eigenvalue weighted by Gasteiger charge is -2.22. The molecule has 1 saturated heterocycles. The first-order valence-electron chi connectivity index (χ1n) is 5.24. The van der Waals surface area contributed by atoms with Gasteiger partial charge in [-0.15, -0.1) is 0 Å². The van der Waals surface area contributed by atoms with Gasteiger partial charge >= 0.3 is 6.09 Å². The summed E-state index contributed by atoms with van der Waals surface area (Å²) in [6, 6.07) is 10.2. The second-order valence-electron chi connectivity index (χ2n) is 4.02. The summed E-state index contributed by atoms with van der Waals surface area (Å²) in [4.78, 5) is 12.4. The number of benzene rings is 1. The van der Waals surface area contributed by atoms with Crippen LogP contribution in [0, 0.1) is 0 Å². The number of carbonyl (C=O) groups is 1. The van der Waals surface area contributed by atoms with Crippen LogP contribution in [0.3, 0.4) is 0 Å². The van der Waals surface area contributed by atoms with E-state index in [0.29, 0.717) is 12.5 Å². The zero-order valence-electron chi connectivity index (χ0n) is 8.76. The number of hydrogen-bond donors (Lipinski definition) is 1. The number of amides is 1. The van der Waals surface area contributed by atoms with E-state index < -0.39 is 6.09 Å². The van der Waals surface area contributed by atoms with Crippen LogP contribution in [0.4, 0.5) is 4.79 Å². The fraction of sp³-hybridized carbons (Fsp3) is 0.417. The van der Waals surface area contributed by atoms with E-state index in [1.54, 1.807) is 0 Å². The molecule has 3 heteroatoms. The summed E-state index contributed by atoms with van der Waals surface area (Å²) in [5.41, 5.74) is 1.24. The number of likely N-dealkylation sites (tertiary alicyclic amines) is 1. The molecule has 0 bridgehead atoms. The molecule has 1 aliphatic rings. The van der Waals surface area contributed by atoms with E-state index in [1.807, 2.05) is 25.1 Å². The number of hydrogen-bond acceptors (Lipinski definition) is 1. The minimum atomic E-state index is -0.805. The van der Waals surface area contributed by atoms with Gasteiger partial charge in [-0.05, 0) is 18.9 Å². The van der Waals surface area contributed by atoms with Gasteiger partial charge in [-0.25, -0.2) is 4.79 Å². The van der Waals surface area contributed by atoms with Crippen LogP contribution in [-0.2, 0) is 0 Å². The summed E-state index contributed by atoms with van der Waals surface area (Å²) in [5, 5.41) is 8.97. The van der Waals surface area contributed by atoms with Gasteiger partial charge in [0.25, 0.3) is 0 Å². The standard InChI is InChI=1S/C12H15NO2/c1-9-11(7-8-13(9)12(14)15)10-5-3-2-4-6-10/h2-6,9,11H,7-8H2,1H3,(H,14,15)/t9-,11+/m1/s1. The van der Waals surface area contributed by atoms with Gasteiger partial charge in [0.05, 0.1) is 0 Å². The zero-order chi connectivity index (χ0) is 10.8. The summed E-state index contributed by atoms with van der Waals surface area (Å²) in [6.07, 6.45) is 0.123. The summed E-state index contributed by atoms with van der Waals surface area (Å²) in [5.74, 6) is 0.349. The first kappa shape index (κ1) is 10.0. The molecule has 1 N–H and O–H groups in total. The third-order valence-electron chi connectivity index (χ3n) is 3.23. The molecule has 1 fully saturated rings. The smallest absolute Gasteiger partial charge is 0.407 e. The number of rotatable bonds is 1. The quantitative estimate of drug-likeness (QED) is 0.765. The van der Waals surface area contributed by atoms with E-state index in [9.17, 15) is 4.79 Å². The van der Waals surface area contributed by atoms with Crippen LogP contribution in [0.5, 0.6) is 0 Å². The van der Waals surface area contributed by atoms with E-state index in [0.717, 1.165) is 6.42 Å². The van der Waals surface area contributed by atoms with Crippen LogP contribution in [0.25, 0.3) is 0 Å². The lowest BCUT2D eigenvalue weighted by molar-refractivity contribution is 0.141. The Labute approximate surface area is 89.3 Å². The van der Waals surface area contributed by atoms with Crippen molar-refractivity contribution in [1.82, 2.24) is 4.90 Å². The van der Waals surface area contributed by atoms with Crippen molar-refractivity contribution in [2.75, 3.05) is 6.54 Å². The van der Waals surface area contributed by atoms with Crippen molar-refractivity contribution < 1.29 is 9.90 Å². The zero-order valence-corrected chi connectivity index (χ0v) is 8.76. The van der Waals surface area contributed by atoms with Crippen LogP contribution in [0.1, 0.15) is 24.8 Å². The molecule has 2 rings (SSSR count). The average Bonchev–Trinajstić information content (AvgIpc) is 2.61. The monoisotopic (exact) mass is 205 g/mol. The Kier molecular flexibility index (Phi) is 2.62. The third-order valence-corrected chi connectivity index (χ3v) is 3.23. The van der Waals surface area contributed by atoms with Gasteiger partial charge < -0.3 is 10.0 Å². The predicted octanol–water partition coefficient (Wildman–Crippen LogP) is 2.54. The minimum Gasteiger partial charge on any atom is -0.465 e. The molecule has 0 aromatic heterocycles. The Balaban J connectivity index is 2.17. The first-order chi connectivity index (χ1) is 7.20. The van der Waals surface area contributed by atoms with E-state index in [-0.39, 0.29) is 6.04 Å². The van der Waals surface area contributed by atoms with Gasteiger partial charge in [0.1, 0.15) is 0 Å². The first-order valence-corrected chi connectivity index (χ1v) is 5.24. The lowest BCUT2D eigenvalue weighted by atomic mass is 9.93. The van der Waals surface area contributed by atoms with Crippen LogP contribution in [0.2, 0.25) is 0 Å². The van der Waals surface area contributed by atoms with Crippen molar-refractivity contribution >= 4 is 6.09 Å². The number of carboxylic acid groups (broad SMARTS) is 1. The van der Waals surface area contributed by atoms with Gasteiger partial charge in [-0.1, -0.05) is 30.3 Å². The fourth-order valence-electron chi connectivity index (χ4n) is 2.36. The van der Waals surface area contributed by atoms with Gasteiger partial charge in [-0.3, -0.25) is 0 Å². The maximum atomic E-state index is 10.9. The molecular weight excluding hydrogens is 190 g/mol. The van der Waals surface area contributed by atoms with Crippen LogP contribution in [0.15, 0.2) is 30.3 Å². The molecule has 0 spiro atoms. The van der Waals surface area contributed by atoms with Gasteiger partial charge in [0, 0.05) is 18.5 Å². The summed E-state index contributed by atoms with van der Waals surface area (Å²) >= 11 is 0. The molecular formula is C12H15NO2. The van der Waals surface area contributed by atoms with Crippen molar-refractivity contribution in [3.8, 4) is 0 Å². The molecule has 15 heavy (non-hydrogen) atoms. The molecule has 2 atom stereocenters. The largest absolute Gasteiger partial charge is 0.465 e. The molecule has 0 saturated carbocycles. The van der Waals surface area contributed by atoms with Crippen LogP contribution >= 0.6 is 0 Å². The van der Waals surface area contributed by atoms with E-state index >= 15 is 0 Å². The molecule has 80 valence electrons. The Morgan fingerprint density at radius 3 is 2.60 bits per heavy atom. The van der Waals surface area contributed by atoms with Gasteiger partial charge in [0.15, 0.2) is 0 Å². The maximum Gasteiger partial charge on any atom is 0.407 e. The highest BCUT2D eigenvalue weighted by atomic mass is 16.4. The molecule has 3 nitrogen and oxygen atoms in total. The second kappa shape index (κ2) is 3.93. The van der Waals surface area contributed by atoms with Crippen molar-refractivity contribution in [2.45, 2.75) is 25.3 Å². The maximum absolute atomic E-state index is 10.9. The highest BCUT2D eigenvalue weighted by Gasteiger charge is 2.34. The molecule has 1 aliphatic heterocycles. The molecule has 1 aromatic carbocycles. The van der Waals surface area contributed by atoms with E-state index in [4.69, 9.17) is 5.11 Å². The van der Waals surface area contributed by atoms with Crippen molar-refractivity contribution in [3.05, 3.63) is 35.9 Å². The number of nitrogens with zero attached hydrogens (tertiary/aromatic N) is 1. The van der Waals surface area contributed by atoms with Crippen LogP contribution < -0.4 is 0 Å². The van der Waals surface area contributed by atoms with Crippen molar-refractivity contribution in [1.29, 1.82) is 0 Å². The molecule has 1 aromatic rings. The predicted molar refractivity (Wildman–Crippen MR) is 58.0 cm³/mol. The highest BCUT2D eigenvalue weighted by Crippen LogP contribution is 2.32. The Morgan fingerprint density at radius 2 is 2.07 bits per heavy atom. The van der Waals surface area contributed by atoms with Gasteiger partial charge in [-0.2, -0.15) is 0 Å². The normalized spacial score (nSPS) is 25.5. The SMILES string of the molecule is C[C@@H]1[C@@H](c2ccccc2)CCN1C(=O)O. The highest BCUT2D eigenvalue weighted by molar-refractivity contribution is 5.66. The van der Waals surface area contributed by atoms with Crippen molar-refractivity contribution in [2.24, 2.45) is 0 Å². The molecule has 0 aliphatic carbocycles. The second-order valence-corrected chi connectivity index (χ2v) is 4.02. The van der Waals surface area contributed by atoms with E-state index in [2.05, 4.69) is 12.1 Å². The summed E-state index contributed by atoms with van der Waals surface area (Å²) in [6.45, 7) is 2.63. The molecule has 1 amide bonds. The topological polar surface area (TPSA) is 40.5 Å². The molecule has 0 radical (unpaired) electrons. The Hall–Kier alpha value is -1.51. The Bertz CT molecular complexity index is 350. The van der Waals surface area contributed by atoms with Gasteiger partial charge in [0.2, 0.25) is 0 Å². The van der Waals surface area contributed by atoms with Crippen molar-refractivity contribution in [3.63, 3.8) is 0 Å². The summed E-state index contributed by atoms with van der Waals surface area (Å²) < 4.78 is 0. The average molecular weight is 205 g/mol. The summed E-state index contributed by atoms with van der Waals surface area (Å²) in [7, 11) is 0. The minimum absolute atomic E-state index is 0.0879. The Morgan fingerprint density at radius 1 is 1.40 bits per heavy atom. The van der Waals surface area contributed by atoms with Crippen LogP contribution in [-0.4, -0.2) is 28.7 Å². The molecule has 0 unspecified atom stereocenters.